The number of fused-ring (bicyclic) bond motifs is 1. The number of amidine groups is 1. The number of rotatable bonds is 7. The van der Waals surface area contributed by atoms with Gasteiger partial charge < -0.3 is 24.7 Å². The minimum Gasteiger partial charge on any atom is -0.493 e. The smallest absolute Gasteiger partial charge is 0.164 e. The highest BCUT2D eigenvalue weighted by atomic mass is 16.5. The first kappa shape index (κ1) is 21.1. The molecule has 0 saturated carbocycles. The SMILES string of the molecule is C=Cc1ccc(C2=CN3C=C=C=C3C(Nc3ccc(OCC)c(OC)c3)=N2)cc1N(C)N. The van der Waals surface area contributed by atoms with Gasteiger partial charge in [0.15, 0.2) is 17.3 Å². The summed E-state index contributed by atoms with van der Waals surface area (Å²) in [7, 11) is 3.42. The Morgan fingerprint density at radius 3 is 2.81 bits per heavy atom. The summed E-state index contributed by atoms with van der Waals surface area (Å²) >= 11 is 0. The van der Waals surface area contributed by atoms with Crippen LogP contribution in [-0.4, -0.2) is 31.5 Å². The number of ether oxygens (including phenoxy) is 2. The molecule has 0 unspecified atom stereocenters. The topological polar surface area (TPSA) is 75.4 Å². The molecule has 0 fully saturated rings. The summed E-state index contributed by atoms with van der Waals surface area (Å²) in [5, 5.41) is 4.95. The Kier molecular flexibility index (Phi) is 5.88. The number of aliphatic imine (C=N–C) groups is 1. The summed E-state index contributed by atoms with van der Waals surface area (Å²) in [6, 6.07) is 11.6. The number of nitrogens with zero attached hydrogens (tertiary/aromatic N) is 3. The van der Waals surface area contributed by atoms with Crippen LogP contribution in [0, 0.1) is 0 Å². The second-order valence-electron chi connectivity index (χ2n) is 7.14. The summed E-state index contributed by atoms with van der Waals surface area (Å²) < 4.78 is 11.1. The van der Waals surface area contributed by atoms with Gasteiger partial charge in [-0.2, -0.15) is 0 Å². The van der Waals surface area contributed by atoms with Gasteiger partial charge in [0.25, 0.3) is 0 Å². The molecule has 2 aliphatic rings. The molecule has 2 aliphatic heterocycles. The van der Waals surface area contributed by atoms with Crippen molar-refractivity contribution >= 4 is 29.0 Å². The van der Waals surface area contributed by atoms with Crippen LogP contribution in [0.2, 0.25) is 0 Å². The van der Waals surface area contributed by atoms with Crippen molar-refractivity contribution in [2.24, 2.45) is 10.8 Å². The van der Waals surface area contributed by atoms with Crippen molar-refractivity contribution in [1.29, 1.82) is 0 Å². The number of hydrogen-bond acceptors (Lipinski definition) is 7. The second kappa shape index (κ2) is 8.92. The van der Waals surface area contributed by atoms with E-state index in [0.717, 1.165) is 33.9 Å². The molecule has 0 aromatic heterocycles. The predicted octanol–water partition coefficient (Wildman–Crippen LogP) is 4.34. The third-order valence-electron chi connectivity index (χ3n) is 5.02. The highest BCUT2D eigenvalue weighted by Gasteiger charge is 2.22. The first-order valence-corrected chi connectivity index (χ1v) is 10.2. The van der Waals surface area contributed by atoms with Gasteiger partial charge in [0, 0.05) is 30.6 Å². The molecular formula is C25H25N5O2. The van der Waals surface area contributed by atoms with Crippen LogP contribution in [0.25, 0.3) is 11.8 Å². The van der Waals surface area contributed by atoms with E-state index in [4.69, 9.17) is 20.3 Å². The lowest BCUT2D eigenvalue weighted by Gasteiger charge is -2.24. The van der Waals surface area contributed by atoms with Gasteiger partial charge in [0.2, 0.25) is 0 Å². The van der Waals surface area contributed by atoms with Gasteiger partial charge in [0.05, 0.1) is 31.3 Å². The average Bonchev–Trinajstić information content (AvgIpc) is 3.28. The third-order valence-corrected chi connectivity index (χ3v) is 5.02. The number of nitrogens with two attached hydrogens (primary N) is 1. The maximum absolute atomic E-state index is 6.02. The minimum absolute atomic E-state index is 0.562. The molecule has 32 heavy (non-hydrogen) atoms. The van der Waals surface area contributed by atoms with Gasteiger partial charge in [-0.3, -0.25) is 0 Å². The van der Waals surface area contributed by atoms with Crippen molar-refractivity contribution in [3.63, 3.8) is 0 Å². The van der Waals surface area contributed by atoms with Crippen LogP contribution < -0.4 is 25.6 Å². The normalized spacial score (nSPS) is 13.8. The summed E-state index contributed by atoms with van der Waals surface area (Å²) in [5.74, 6) is 8.00. The highest BCUT2D eigenvalue weighted by molar-refractivity contribution is 6.11. The van der Waals surface area contributed by atoms with Crippen molar-refractivity contribution in [1.82, 2.24) is 4.90 Å². The Morgan fingerprint density at radius 2 is 2.09 bits per heavy atom. The molecule has 0 saturated heterocycles. The molecular weight excluding hydrogens is 402 g/mol. The molecule has 0 aliphatic carbocycles. The quantitative estimate of drug-likeness (QED) is 0.389. The molecule has 3 N–H and O–H groups in total. The molecule has 0 bridgehead atoms. The Bertz CT molecular complexity index is 1230. The molecule has 4 rings (SSSR count). The fourth-order valence-corrected chi connectivity index (χ4v) is 3.48. The van der Waals surface area contributed by atoms with E-state index in [2.05, 4.69) is 23.4 Å². The van der Waals surface area contributed by atoms with E-state index >= 15 is 0 Å². The monoisotopic (exact) mass is 427 g/mol. The largest absolute Gasteiger partial charge is 0.493 e. The fraction of sp³-hybridized carbons (Fsp3) is 0.160. The van der Waals surface area contributed by atoms with Crippen LogP contribution in [0.5, 0.6) is 11.5 Å². The maximum Gasteiger partial charge on any atom is 0.164 e. The predicted molar refractivity (Wildman–Crippen MR) is 129 cm³/mol. The Morgan fingerprint density at radius 1 is 1.25 bits per heavy atom. The summed E-state index contributed by atoms with van der Waals surface area (Å²) in [4.78, 5) is 6.80. The Balaban J connectivity index is 1.71. The third kappa shape index (κ3) is 4.04. The maximum atomic E-state index is 6.02. The van der Waals surface area contributed by atoms with Gasteiger partial charge in [-0.15, -0.1) is 0 Å². The van der Waals surface area contributed by atoms with Crippen LogP contribution in [0.4, 0.5) is 11.4 Å². The zero-order valence-electron chi connectivity index (χ0n) is 18.3. The standard InChI is InChI=1S/C25H25N5O2/c1-5-17-9-10-18(14-22(17)29(3)26)20-16-30-13-7-8-21(30)25(28-20)27-19-11-12-23(32-6-2)24(15-19)31-4/h5,9-16H,1,6,26H2,2-4H3,(H,27,28). The summed E-state index contributed by atoms with van der Waals surface area (Å²) in [5.41, 5.74) is 11.2. The van der Waals surface area contributed by atoms with Crippen LogP contribution in [0.1, 0.15) is 18.1 Å². The molecule has 2 aromatic rings. The minimum atomic E-state index is 0.562. The molecule has 0 spiro atoms. The molecule has 0 amide bonds. The fourth-order valence-electron chi connectivity index (χ4n) is 3.48. The number of nitrogens with one attached hydrogen (secondary N) is 1. The molecule has 2 aromatic carbocycles. The summed E-state index contributed by atoms with van der Waals surface area (Å²) in [6.07, 6.45) is 5.54. The van der Waals surface area contributed by atoms with Gasteiger partial charge in [-0.05, 0) is 42.1 Å². The first-order valence-electron chi connectivity index (χ1n) is 10.2. The average molecular weight is 428 g/mol. The van der Waals surface area contributed by atoms with Crippen molar-refractivity contribution < 1.29 is 9.47 Å². The van der Waals surface area contributed by atoms with Gasteiger partial charge in [-0.25, -0.2) is 10.8 Å². The van der Waals surface area contributed by atoms with Gasteiger partial charge in [-0.1, -0.05) is 24.8 Å². The lowest BCUT2D eigenvalue weighted by atomic mass is 10.1. The van der Waals surface area contributed by atoms with E-state index in [1.807, 2.05) is 60.6 Å². The zero-order chi connectivity index (χ0) is 22.7. The van der Waals surface area contributed by atoms with E-state index in [1.165, 1.54) is 0 Å². The van der Waals surface area contributed by atoms with Crippen molar-refractivity contribution in [2.75, 3.05) is 31.1 Å². The molecule has 0 atom stereocenters. The highest BCUT2D eigenvalue weighted by Crippen LogP contribution is 2.33. The second-order valence-corrected chi connectivity index (χ2v) is 7.14. The number of methoxy groups -OCH3 is 1. The van der Waals surface area contributed by atoms with Crippen molar-refractivity contribution in [3.8, 4) is 11.5 Å². The van der Waals surface area contributed by atoms with Crippen LogP contribution in [0.3, 0.4) is 0 Å². The number of benzene rings is 2. The van der Waals surface area contributed by atoms with E-state index in [1.54, 1.807) is 25.2 Å². The molecule has 2 heterocycles. The number of hydrazine groups is 1. The molecule has 0 radical (unpaired) electrons. The lowest BCUT2D eigenvalue weighted by Crippen LogP contribution is -2.27. The van der Waals surface area contributed by atoms with E-state index in [0.29, 0.717) is 23.9 Å². The van der Waals surface area contributed by atoms with E-state index < -0.39 is 0 Å². The molecule has 7 heteroatoms. The molecule has 7 nitrogen and oxygen atoms in total. The van der Waals surface area contributed by atoms with E-state index in [9.17, 15) is 0 Å². The molecule has 162 valence electrons. The number of anilines is 2. The first-order chi connectivity index (χ1) is 15.5. The Hall–Kier alpha value is -4.15. The summed E-state index contributed by atoms with van der Waals surface area (Å²) in [6.45, 7) is 6.36. The van der Waals surface area contributed by atoms with Crippen LogP contribution >= 0.6 is 0 Å². The zero-order valence-corrected chi connectivity index (χ0v) is 18.3. The van der Waals surface area contributed by atoms with Crippen molar-refractivity contribution in [3.05, 3.63) is 83.7 Å². The van der Waals surface area contributed by atoms with Crippen LogP contribution in [0.15, 0.2) is 77.5 Å². The Labute approximate surface area is 187 Å². The van der Waals surface area contributed by atoms with Crippen molar-refractivity contribution in [2.45, 2.75) is 6.92 Å². The van der Waals surface area contributed by atoms with Gasteiger partial charge in [0.1, 0.15) is 5.70 Å². The van der Waals surface area contributed by atoms with Gasteiger partial charge >= 0.3 is 0 Å². The van der Waals surface area contributed by atoms with E-state index in [-0.39, 0.29) is 0 Å². The number of hydrogen-bond donors (Lipinski definition) is 2. The lowest BCUT2D eigenvalue weighted by molar-refractivity contribution is 0.311. The van der Waals surface area contributed by atoms with Crippen LogP contribution in [-0.2, 0) is 0 Å².